The Labute approximate surface area is 201 Å². The molecule has 0 aliphatic carbocycles. The van der Waals surface area contributed by atoms with Crippen molar-refractivity contribution in [1.82, 2.24) is 9.62 Å². The number of rotatable bonds is 8. The van der Waals surface area contributed by atoms with Crippen LogP contribution in [-0.4, -0.2) is 36.8 Å². The van der Waals surface area contributed by atoms with Crippen LogP contribution in [0.3, 0.4) is 0 Å². The van der Waals surface area contributed by atoms with Crippen molar-refractivity contribution in [2.24, 2.45) is 0 Å². The first-order chi connectivity index (χ1) is 15.3. The zero-order valence-electron chi connectivity index (χ0n) is 16.9. The summed E-state index contributed by atoms with van der Waals surface area (Å²) in [6, 6.07) is 13.5. The molecule has 0 saturated heterocycles. The zero-order chi connectivity index (χ0) is 23.3. The summed E-state index contributed by atoms with van der Waals surface area (Å²) in [6.07, 6.45) is 3.03. The molecule has 32 heavy (non-hydrogen) atoms. The Morgan fingerprint density at radius 1 is 1.09 bits per heavy atom. The van der Waals surface area contributed by atoms with E-state index in [1.807, 2.05) is 24.3 Å². The Bertz CT molecular complexity index is 1270. The van der Waals surface area contributed by atoms with Gasteiger partial charge in [-0.05, 0) is 42.5 Å². The van der Waals surface area contributed by atoms with Gasteiger partial charge in [0.15, 0.2) is 5.11 Å². The monoisotopic (exact) mass is 505 g/mol. The van der Waals surface area contributed by atoms with Crippen LogP contribution in [0.2, 0.25) is 5.02 Å². The summed E-state index contributed by atoms with van der Waals surface area (Å²) < 4.78 is 27.7. The Morgan fingerprint density at radius 3 is 2.31 bits per heavy atom. The van der Waals surface area contributed by atoms with Gasteiger partial charge in [-0.3, -0.25) is 10.1 Å². The number of nitrogens with one attached hydrogen (secondary N) is 2. The van der Waals surface area contributed by atoms with E-state index in [9.17, 15) is 13.2 Å². The highest BCUT2D eigenvalue weighted by atomic mass is 35.5. The second-order valence-electron chi connectivity index (χ2n) is 6.57. The van der Waals surface area contributed by atoms with E-state index < -0.39 is 15.9 Å². The van der Waals surface area contributed by atoms with E-state index in [1.54, 1.807) is 12.1 Å². The molecule has 166 valence electrons. The SMILES string of the molecule is C=CCN(CC=C)S(=O)(=O)c1ccc(NC(=S)NC(=O)c2sc3ccccc3c2Cl)cc1. The summed E-state index contributed by atoms with van der Waals surface area (Å²) in [5.74, 6) is -0.419. The summed E-state index contributed by atoms with van der Waals surface area (Å²) in [7, 11) is -3.70. The van der Waals surface area contributed by atoms with Gasteiger partial charge in [-0.15, -0.1) is 24.5 Å². The Hall–Kier alpha value is -2.56. The molecular weight excluding hydrogens is 486 g/mol. The number of amides is 1. The van der Waals surface area contributed by atoms with Crippen molar-refractivity contribution in [3.05, 3.63) is 83.7 Å². The van der Waals surface area contributed by atoms with E-state index in [4.69, 9.17) is 23.8 Å². The van der Waals surface area contributed by atoms with Gasteiger partial charge in [0.25, 0.3) is 5.91 Å². The molecule has 0 radical (unpaired) electrons. The number of nitrogens with zero attached hydrogens (tertiary/aromatic N) is 1. The quantitative estimate of drug-likeness (QED) is 0.331. The molecule has 3 aromatic rings. The van der Waals surface area contributed by atoms with Crippen LogP contribution in [0.4, 0.5) is 5.69 Å². The molecule has 1 aromatic heterocycles. The first kappa shape index (κ1) is 24.1. The predicted octanol–water partition coefficient (Wildman–Crippen LogP) is 5.04. The maximum absolute atomic E-state index is 12.8. The molecular formula is C22H20ClN3O3S3. The number of hydrogen-bond donors (Lipinski definition) is 2. The minimum Gasteiger partial charge on any atom is -0.332 e. The smallest absolute Gasteiger partial charge is 0.269 e. The standard InChI is InChI=1S/C22H20ClN3O3S3/c1-3-13-26(14-4-2)32(28,29)16-11-9-15(10-12-16)24-22(30)25-21(27)20-19(23)17-7-5-6-8-18(17)31-20/h3-12H,1-2,13-14H2,(H2,24,25,27,30). The molecule has 0 aliphatic heterocycles. The summed E-state index contributed by atoms with van der Waals surface area (Å²) in [5, 5.41) is 6.73. The van der Waals surface area contributed by atoms with Crippen molar-refractivity contribution in [1.29, 1.82) is 0 Å². The maximum Gasteiger partial charge on any atom is 0.269 e. The maximum atomic E-state index is 12.8. The highest BCUT2D eigenvalue weighted by Gasteiger charge is 2.22. The number of sulfonamides is 1. The lowest BCUT2D eigenvalue weighted by molar-refractivity contribution is 0.0982. The highest BCUT2D eigenvalue weighted by molar-refractivity contribution is 7.89. The Morgan fingerprint density at radius 2 is 1.72 bits per heavy atom. The first-order valence-corrected chi connectivity index (χ1v) is 12.4. The fourth-order valence-electron chi connectivity index (χ4n) is 2.90. The van der Waals surface area contributed by atoms with Gasteiger partial charge in [0.1, 0.15) is 4.88 Å². The van der Waals surface area contributed by atoms with Crippen LogP contribution in [-0.2, 0) is 10.0 Å². The largest absolute Gasteiger partial charge is 0.332 e. The topological polar surface area (TPSA) is 78.5 Å². The van der Waals surface area contributed by atoms with E-state index in [-0.39, 0.29) is 23.1 Å². The van der Waals surface area contributed by atoms with Crippen LogP contribution in [0.25, 0.3) is 10.1 Å². The number of carbonyl (C=O) groups is 1. The molecule has 0 bridgehead atoms. The molecule has 1 heterocycles. The average Bonchev–Trinajstić information content (AvgIpc) is 3.11. The van der Waals surface area contributed by atoms with Crippen LogP contribution in [0.1, 0.15) is 9.67 Å². The van der Waals surface area contributed by atoms with Crippen LogP contribution >= 0.6 is 35.2 Å². The van der Waals surface area contributed by atoms with E-state index in [2.05, 4.69) is 23.8 Å². The van der Waals surface area contributed by atoms with Crippen molar-refractivity contribution in [3.63, 3.8) is 0 Å². The molecule has 6 nitrogen and oxygen atoms in total. The van der Waals surface area contributed by atoms with Gasteiger partial charge < -0.3 is 5.32 Å². The van der Waals surface area contributed by atoms with Crippen molar-refractivity contribution < 1.29 is 13.2 Å². The molecule has 10 heteroatoms. The molecule has 0 unspecified atom stereocenters. The Kier molecular flexibility index (Phi) is 7.81. The molecule has 0 aliphatic rings. The van der Waals surface area contributed by atoms with Crippen molar-refractivity contribution >= 4 is 72.0 Å². The average molecular weight is 506 g/mol. The van der Waals surface area contributed by atoms with Crippen molar-refractivity contribution in [3.8, 4) is 0 Å². The summed E-state index contributed by atoms with van der Waals surface area (Å²) in [6.45, 7) is 7.53. The van der Waals surface area contributed by atoms with Crippen LogP contribution in [0.15, 0.2) is 78.7 Å². The lowest BCUT2D eigenvalue weighted by Gasteiger charge is -2.19. The van der Waals surface area contributed by atoms with Crippen LogP contribution < -0.4 is 10.6 Å². The summed E-state index contributed by atoms with van der Waals surface area (Å²) >= 11 is 12.8. The van der Waals surface area contributed by atoms with Crippen LogP contribution in [0.5, 0.6) is 0 Å². The second-order valence-corrected chi connectivity index (χ2v) is 10.3. The van der Waals surface area contributed by atoms with Gasteiger partial charge in [0.05, 0.1) is 9.92 Å². The second kappa shape index (κ2) is 10.4. The van der Waals surface area contributed by atoms with E-state index in [1.165, 1.54) is 39.9 Å². The number of fused-ring (bicyclic) bond motifs is 1. The first-order valence-electron chi connectivity index (χ1n) is 9.39. The molecule has 0 saturated carbocycles. The number of thiocarbonyl (C=S) groups is 1. The third-order valence-corrected chi connectivity index (χ3v) is 8.11. The number of thiophene rings is 1. The van der Waals surface area contributed by atoms with Gasteiger partial charge in [-0.1, -0.05) is 42.0 Å². The highest BCUT2D eigenvalue weighted by Crippen LogP contribution is 2.35. The molecule has 0 spiro atoms. The van der Waals surface area contributed by atoms with Crippen LogP contribution in [0, 0.1) is 0 Å². The number of hydrogen-bond acceptors (Lipinski definition) is 5. The third-order valence-electron chi connectivity index (χ3n) is 4.38. The van der Waals surface area contributed by atoms with E-state index in [0.29, 0.717) is 15.6 Å². The van der Waals surface area contributed by atoms with Gasteiger partial charge in [-0.25, -0.2) is 8.42 Å². The van der Waals surface area contributed by atoms with Crippen molar-refractivity contribution in [2.45, 2.75) is 4.90 Å². The zero-order valence-corrected chi connectivity index (χ0v) is 20.1. The van der Waals surface area contributed by atoms with E-state index >= 15 is 0 Å². The molecule has 0 atom stereocenters. The Balaban J connectivity index is 1.69. The molecule has 3 rings (SSSR count). The van der Waals surface area contributed by atoms with Gasteiger partial charge in [0.2, 0.25) is 10.0 Å². The number of halogens is 1. The fourth-order valence-corrected chi connectivity index (χ4v) is 5.90. The lowest BCUT2D eigenvalue weighted by Crippen LogP contribution is -2.34. The molecule has 2 aromatic carbocycles. The van der Waals surface area contributed by atoms with Gasteiger partial charge in [0, 0.05) is 28.9 Å². The summed E-state index contributed by atoms with van der Waals surface area (Å²) in [5.41, 5.74) is 0.524. The number of benzene rings is 2. The number of carbonyl (C=O) groups excluding carboxylic acids is 1. The fraction of sp³-hybridized carbons (Fsp3) is 0.0909. The van der Waals surface area contributed by atoms with E-state index in [0.717, 1.165) is 10.1 Å². The summed E-state index contributed by atoms with van der Waals surface area (Å²) in [4.78, 5) is 13.1. The minimum atomic E-state index is -3.70. The minimum absolute atomic E-state index is 0.0686. The molecule has 0 fully saturated rings. The predicted molar refractivity (Wildman–Crippen MR) is 136 cm³/mol. The van der Waals surface area contributed by atoms with Crippen molar-refractivity contribution in [2.75, 3.05) is 18.4 Å². The number of anilines is 1. The van der Waals surface area contributed by atoms with Gasteiger partial charge >= 0.3 is 0 Å². The molecule has 2 N–H and O–H groups in total. The molecule has 1 amide bonds. The lowest BCUT2D eigenvalue weighted by atomic mass is 10.2. The third kappa shape index (κ3) is 5.25. The normalized spacial score (nSPS) is 11.3. The van der Waals surface area contributed by atoms with Gasteiger partial charge in [-0.2, -0.15) is 4.31 Å².